The zero-order valence-electron chi connectivity index (χ0n) is 9.65. The summed E-state index contributed by atoms with van der Waals surface area (Å²) in [7, 11) is 0. The lowest BCUT2D eigenvalue weighted by atomic mass is 9.87. The number of nitrogens with zero attached hydrogens (tertiary/aromatic N) is 2. The number of nitrogens with two attached hydrogens (primary N) is 1. The summed E-state index contributed by atoms with van der Waals surface area (Å²) in [5.74, 6) is 1.52. The van der Waals surface area contributed by atoms with Gasteiger partial charge in [-0.15, -0.1) is 0 Å². The minimum Gasteiger partial charge on any atom is -0.319 e. The van der Waals surface area contributed by atoms with Gasteiger partial charge >= 0.3 is 0 Å². The molecule has 3 rings (SSSR count). The van der Waals surface area contributed by atoms with Crippen LogP contribution in [0, 0.1) is 0 Å². The van der Waals surface area contributed by atoms with E-state index >= 15 is 0 Å². The van der Waals surface area contributed by atoms with E-state index < -0.39 is 0 Å². The molecular formula is C13H19N3. The summed E-state index contributed by atoms with van der Waals surface area (Å²) >= 11 is 0. The molecule has 0 spiro atoms. The predicted octanol–water partition coefficient (Wildman–Crippen LogP) is 2.47. The van der Waals surface area contributed by atoms with Gasteiger partial charge in [-0.25, -0.2) is 9.97 Å². The molecule has 0 saturated heterocycles. The second-order valence-corrected chi connectivity index (χ2v) is 5.30. The van der Waals surface area contributed by atoms with Crippen LogP contribution in [0.5, 0.6) is 0 Å². The second-order valence-electron chi connectivity index (χ2n) is 5.30. The number of hydrogen-bond donors (Lipinski definition) is 1. The standard InChI is InChI=1S/C13H19N3/c14-13(7-8-13)12-15-9-6-11(16-12)10-4-2-1-3-5-10/h6,9-10H,1-5,7-8,14H2. The van der Waals surface area contributed by atoms with E-state index in [1.807, 2.05) is 6.20 Å². The summed E-state index contributed by atoms with van der Waals surface area (Å²) in [6.07, 6.45) is 10.6. The third-order valence-electron chi connectivity index (χ3n) is 3.93. The highest BCUT2D eigenvalue weighted by Crippen LogP contribution is 2.41. The quantitative estimate of drug-likeness (QED) is 0.828. The fraction of sp³-hybridized carbons (Fsp3) is 0.692. The van der Waals surface area contributed by atoms with Crippen molar-refractivity contribution in [1.82, 2.24) is 9.97 Å². The molecular weight excluding hydrogens is 198 g/mol. The van der Waals surface area contributed by atoms with Gasteiger partial charge in [0.25, 0.3) is 0 Å². The van der Waals surface area contributed by atoms with Crippen LogP contribution in [0.2, 0.25) is 0 Å². The minimum absolute atomic E-state index is 0.190. The molecule has 2 aliphatic carbocycles. The molecule has 1 aromatic heterocycles. The van der Waals surface area contributed by atoms with Crippen molar-refractivity contribution in [2.45, 2.75) is 56.4 Å². The van der Waals surface area contributed by atoms with Crippen LogP contribution in [0.4, 0.5) is 0 Å². The smallest absolute Gasteiger partial charge is 0.148 e. The topological polar surface area (TPSA) is 51.8 Å². The van der Waals surface area contributed by atoms with Crippen molar-refractivity contribution in [3.05, 3.63) is 23.8 Å². The van der Waals surface area contributed by atoms with Crippen molar-refractivity contribution in [2.75, 3.05) is 0 Å². The maximum Gasteiger partial charge on any atom is 0.148 e. The van der Waals surface area contributed by atoms with E-state index in [-0.39, 0.29) is 5.54 Å². The van der Waals surface area contributed by atoms with E-state index in [0.29, 0.717) is 5.92 Å². The van der Waals surface area contributed by atoms with Crippen molar-refractivity contribution in [1.29, 1.82) is 0 Å². The van der Waals surface area contributed by atoms with Gasteiger partial charge in [0.2, 0.25) is 0 Å². The van der Waals surface area contributed by atoms with Crippen molar-refractivity contribution in [3.63, 3.8) is 0 Å². The molecule has 0 radical (unpaired) electrons. The first-order chi connectivity index (χ1) is 7.78. The Morgan fingerprint density at radius 3 is 2.62 bits per heavy atom. The van der Waals surface area contributed by atoms with Crippen LogP contribution < -0.4 is 5.73 Å². The van der Waals surface area contributed by atoms with Crippen molar-refractivity contribution >= 4 is 0 Å². The Hall–Kier alpha value is -0.960. The molecule has 16 heavy (non-hydrogen) atoms. The summed E-state index contributed by atoms with van der Waals surface area (Å²) in [5, 5.41) is 0. The van der Waals surface area contributed by atoms with E-state index in [2.05, 4.69) is 11.1 Å². The van der Waals surface area contributed by atoms with Crippen LogP contribution in [0.15, 0.2) is 12.3 Å². The lowest BCUT2D eigenvalue weighted by Gasteiger charge is -2.21. The van der Waals surface area contributed by atoms with Gasteiger partial charge in [-0.1, -0.05) is 19.3 Å². The van der Waals surface area contributed by atoms with Crippen LogP contribution in [-0.4, -0.2) is 9.97 Å². The Kier molecular flexibility index (Phi) is 2.43. The zero-order chi connectivity index (χ0) is 11.0. The summed E-state index contributed by atoms with van der Waals surface area (Å²) < 4.78 is 0. The second kappa shape index (κ2) is 3.81. The highest BCUT2D eigenvalue weighted by atomic mass is 15.0. The van der Waals surface area contributed by atoms with E-state index in [4.69, 9.17) is 10.7 Å². The van der Waals surface area contributed by atoms with Crippen LogP contribution in [0.25, 0.3) is 0 Å². The molecule has 2 aliphatic rings. The van der Waals surface area contributed by atoms with Crippen LogP contribution in [0.3, 0.4) is 0 Å². The minimum atomic E-state index is -0.190. The Morgan fingerprint density at radius 1 is 1.19 bits per heavy atom. The lowest BCUT2D eigenvalue weighted by Crippen LogP contribution is -2.23. The van der Waals surface area contributed by atoms with E-state index in [1.165, 1.54) is 37.8 Å². The average molecular weight is 217 g/mol. The zero-order valence-corrected chi connectivity index (χ0v) is 9.65. The predicted molar refractivity (Wildman–Crippen MR) is 63.0 cm³/mol. The largest absolute Gasteiger partial charge is 0.319 e. The molecule has 0 atom stereocenters. The van der Waals surface area contributed by atoms with Gasteiger partial charge in [0.15, 0.2) is 0 Å². The Morgan fingerprint density at radius 2 is 1.94 bits per heavy atom. The molecule has 0 unspecified atom stereocenters. The summed E-state index contributed by atoms with van der Waals surface area (Å²) in [6.45, 7) is 0. The van der Waals surface area contributed by atoms with Crippen molar-refractivity contribution in [3.8, 4) is 0 Å². The maximum absolute atomic E-state index is 6.14. The first kappa shape index (κ1) is 10.2. The highest BCUT2D eigenvalue weighted by Gasteiger charge is 2.43. The molecule has 0 aromatic carbocycles. The van der Waals surface area contributed by atoms with Crippen LogP contribution >= 0.6 is 0 Å². The van der Waals surface area contributed by atoms with Crippen molar-refractivity contribution < 1.29 is 0 Å². The molecule has 2 saturated carbocycles. The molecule has 1 heterocycles. The normalized spacial score (nSPS) is 24.3. The van der Waals surface area contributed by atoms with Gasteiger partial charge in [0.1, 0.15) is 5.82 Å². The summed E-state index contributed by atoms with van der Waals surface area (Å²) in [4.78, 5) is 9.03. The molecule has 3 nitrogen and oxygen atoms in total. The number of aromatic nitrogens is 2. The van der Waals surface area contributed by atoms with Gasteiger partial charge in [-0.3, -0.25) is 0 Å². The molecule has 3 heteroatoms. The third kappa shape index (κ3) is 1.84. The van der Waals surface area contributed by atoms with E-state index in [1.54, 1.807) is 0 Å². The lowest BCUT2D eigenvalue weighted by molar-refractivity contribution is 0.434. The number of rotatable bonds is 2. The summed E-state index contributed by atoms with van der Waals surface area (Å²) in [5.41, 5.74) is 7.18. The molecule has 2 N–H and O–H groups in total. The Balaban J connectivity index is 1.84. The van der Waals surface area contributed by atoms with Crippen LogP contribution in [-0.2, 0) is 5.54 Å². The molecule has 0 amide bonds. The van der Waals surface area contributed by atoms with Gasteiger partial charge in [-0.05, 0) is 31.7 Å². The van der Waals surface area contributed by atoms with Gasteiger partial charge < -0.3 is 5.73 Å². The Labute approximate surface area is 96.5 Å². The fourth-order valence-corrected chi connectivity index (χ4v) is 2.60. The van der Waals surface area contributed by atoms with Gasteiger partial charge in [0, 0.05) is 17.8 Å². The van der Waals surface area contributed by atoms with Gasteiger partial charge in [-0.2, -0.15) is 0 Å². The molecule has 2 fully saturated rings. The third-order valence-corrected chi connectivity index (χ3v) is 3.93. The van der Waals surface area contributed by atoms with Crippen molar-refractivity contribution in [2.24, 2.45) is 5.73 Å². The first-order valence-corrected chi connectivity index (χ1v) is 6.40. The molecule has 0 aliphatic heterocycles. The van der Waals surface area contributed by atoms with E-state index in [0.717, 1.165) is 18.7 Å². The molecule has 86 valence electrons. The number of hydrogen-bond acceptors (Lipinski definition) is 3. The SMILES string of the molecule is NC1(c2nccc(C3CCCCC3)n2)CC1. The highest BCUT2D eigenvalue weighted by molar-refractivity contribution is 5.18. The average Bonchev–Trinajstić information content (AvgIpc) is 3.10. The fourth-order valence-electron chi connectivity index (χ4n) is 2.60. The van der Waals surface area contributed by atoms with Gasteiger partial charge in [0.05, 0.1) is 5.54 Å². The maximum atomic E-state index is 6.14. The molecule has 1 aromatic rings. The monoisotopic (exact) mass is 217 g/mol. The molecule has 0 bridgehead atoms. The van der Waals surface area contributed by atoms with Crippen LogP contribution in [0.1, 0.15) is 62.4 Å². The van der Waals surface area contributed by atoms with E-state index in [9.17, 15) is 0 Å². The summed E-state index contributed by atoms with van der Waals surface area (Å²) in [6, 6.07) is 2.07. The Bertz CT molecular complexity index is 379. The first-order valence-electron chi connectivity index (χ1n) is 6.40.